The van der Waals surface area contributed by atoms with Gasteiger partial charge in [0.1, 0.15) is 11.4 Å². The molecule has 1 saturated carbocycles. The van der Waals surface area contributed by atoms with Crippen LogP contribution in [0.3, 0.4) is 0 Å². The first kappa shape index (κ1) is 17.5. The lowest BCUT2D eigenvalue weighted by Crippen LogP contribution is -2.33. The molecule has 1 fully saturated rings. The Morgan fingerprint density at radius 2 is 1.81 bits per heavy atom. The summed E-state index contributed by atoms with van der Waals surface area (Å²) >= 11 is 0. The van der Waals surface area contributed by atoms with Crippen molar-refractivity contribution >= 4 is 17.6 Å². The van der Waals surface area contributed by atoms with Crippen LogP contribution in [0, 0.1) is 15.9 Å². The second-order valence-corrected chi connectivity index (χ2v) is 5.89. The van der Waals surface area contributed by atoms with Gasteiger partial charge in [0.05, 0.1) is 4.92 Å². The van der Waals surface area contributed by atoms with Crippen molar-refractivity contribution < 1.29 is 23.6 Å². The lowest BCUT2D eigenvalue weighted by atomic mass is 10.1. The molecule has 0 bridgehead atoms. The number of esters is 1. The molecule has 0 heterocycles. The van der Waals surface area contributed by atoms with Gasteiger partial charge < -0.3 is 10.1 Å². The highest BCUT2D eigenvalue weighted by atomic mass is 19.1. The van der Waals surface area contributed by atoms with Gasteiger partial charge in [-0.25, -0.2) is 9.18 Å². The molecule has 26 heavy (non-hydrogen) atoms. The molecule has 2 aromatic rings. The Hall–Kier alpha value is -3.29. The number of rotatable bonds is 6. The van der Waals surface area contributed by atoms with Gasteiger partial charge in [-0.3, -0.25) is 14.9 Å². The summed E-state index contributed by atoms with van der Waals surface area (Å²) in [6, 6.07) is 10.3. The van der Waals surface area contributed by atoms with Crippen LogP contribution in [-0.4, -0.2) is 22.8 Å². The minimum atomic E-state index is -1.33. The second-order valence-electron chi connectivity index (χ2n) is 5.89. The van der Waals surface area contributed by atoms with Crippen molar-refractivity contribution in [2.75, 3.05) is 0 Å². The van der Waals surface area contributed by atoms with E-state index in [0.29, 0.717) is 0 Å². The number of nitro groups is 1. The van der Waals surface area contributed by atoms with E-state index >= 15 is 0 Å². The van der Waals surface area contributed by atoms with Crippen LogP contribution in [0.2, 0.25) is 0 Å². The van der Waals surface area contributed by atoms with Crippen molar-refractivity contribution in [3.8, 4) is 0 Å². The maximum Gasteiger partial charge on any atom is 0.346 e. The van der Waals surface area contributed by atoms with E-state index in [2.05, 4.69) is 5.32 Å². The molecule has 1 aliphatic carbocycles. The number of halogens is 1. The number of nitro benzene ring substituents is 1. The van der Waals surface area contributed by atoms with E-state index in [1.54, 1.807) is 0 Å². The molecule has 0 radical (unpaired) electrons. The smallest absolute Gasteiger partial charge is 0.346 e. The third-order valence-electron chi connectivity index (χ3n) is 3.88. The molecule has 1 amide bonds. The van der Waals surface area contributed by atoms with Crippen molar-refractivity contribution in [3.05, 3.63) is 75.6 Å². The van der Waals surface area contributed by atoms with E-state index < -0.39 is 34.4 Å². The number of nitrogens with zero attached hydrogens (tertiary/aromatic N) is 1. The fourth-order valence-corrected chi connectivity index (χ4v) is 2.39. The Balaban J connectivity index is 1.87. The summed E-state index contributed by atoms with van der Waals surface area (Å²) in [7, 11) is 0. The second kappa shape index (κ2) is 7.30. The van der Waals surface area contributed by atoms with Gasteiger partial charge in [-0.2, -0.15) is 0 Å². The summed E-state index contributed by atoms with van der Waals surface area (Å²) in [5, 5.41) is 13.8. The van der Waals surface area contributed by atoms with E-state index in [0.717, 1.165) is 25.0 Å². The Morgan fingerprint density at radius 1 is 1.15 bits per heavy atom. The van der Waals surface area contributed by atoms with Gasteiger partial charge in [0, 0.05) is 17.7 Å². The number of carbonyl (C=O) groups excluding carboxylic acids is 2. The predicted molar refractivity (Wildman–Crippen MR) is 88.8 cm³/mol. The molecule has 0 spiro atoms. The van der Waals surface area contributed by atoms with Gasteiger partial charge in [0.15, 0.2) is 0 Å². The Morgan fingerprint density at radius 3 is 2.42 bits per heavy atom. The minimum Gasteiger partial charge on any atom is -0.444 e. The number of nitrogens with one attached hydrogen (secondary N) is 1. The predicted octanol–water partition coefficient (Wildman–Crippen LogP) is 2.91. The van der Waals surface area contributed by atoms with E-state index in [9.17, 15) is 24.1 Å². The molecule has 1 N–H and O–H groups in total. The average Bonchev–Trinajstić information content (AvgIpc) is 3.44. The van der Waals surface area contributed by atoms with Crippen LogP contribution in [0.15, 0.2) is 48.5 Å². The molecular formula is C18H15FN2O5. The van der Waals surface area contributed by atoms with Crippen LogP contribution in [0.1, 0.15) is 34.9 Å². The summed E-state index contributed by atoms with van der Waals surface area (Å²) < 4.78 is 18.4. The number of carbonyl (C=O) groups is 2. The fraction of sp³-hybridized carbons (Fsp3) is 0.222. The molecule has 0 aromatic heterocycles. The molecule has 3 rings (SSSR count). The van der Waals surface area contributed by atoms with Crippen molar-refractivity contribution in [1.82, 2.24) is 5.32 Å². The fourth-order valence-electron chi connectivity index (χ4n) is 2.39. The zero-order valence-corrected chi connectivity index (χ0v) is 13.6. The number of para-hydroxylation sites is 1. The van der Waals surface area contributed by atoms with Crippen molar-refractivity contribution in [2.45, 2.75) is 25.0 Å². The summed E-state index contributed by atoms with van der Waals surface area (Å²) in [6.07, 6.45) is 0.337. The highest BCUT2D eigenvalue weighted by Gasteiger charge is 2.32. The zero-order valence-electron chi connectivity index (χ0n) is 13.6. The van der Waals surface area contributed by atoms with Gasteiger partial charge in [0.2, 0.25) is 6.10 Å². The third kappa shape index (κ3) is 4.02. The van der Waals surface area contributed by atoms with Crippen LogP contribution in [-0.2, 0) is 9.53 Å². The van der Waals surface area contributed by atoms with E-state index in [1.165, 1.54) is 36.4 Å². The summed E-state index contributed by atoms with van der Waals surface area (Å²) in [6.45, 7) is 0. The summed E-state index contributed by atoms with van der Waals surface area (Å²) in [5.41, 5.74) is -0.404. The number of ether oxygens (including phenoxy) is 1. The van der Waals surface area contributed by atoms with Gasteiger partial charge in [0.25, 0.3) is 11.6 Å². The molecule has 0 saturated heterocycles. The maximum absolute atomic E-state index is 13.2. The highest BCUT2D eigenvalue weighted by Crippen LogP contribution is 2.26. The lowest BCUT2D eigenvalue weighted by molar-refractivity contribution is -0.385. The minimum absolute atomic E-state index is 0.0233. The maximum atomic E-state index is 13.2. The van der Waals surface area contributed by atoms with Gasteiger partial charge >= 0.3 is 5.97 Å². The molecule has 8 heteroatoms. The van der Waals surface area contributed by atoms with E-state index in [1.807, 2.05) is 0 Å². The largest absolute Gasteiger partial charge is 0.444 e. The standard InChI is InChI=1S/C18H15FN2O5/c19-12-7-5-11(6-8-12)16(17(22)20-13-9-10-13)26-18(23)14-3-1-2-4-15(14)21(24)25/h1-8,13,16H,9-10H2,(H,20,22). The monoisotopic (exact) mass is 358 g/mol. The Labute approximate surface area is 147 Å². The number of hydrogen-bond acceptors (Lipinski definition) is 5. The molecule has 0 aliphatic heterocycles. The topological polar surface area (TPSA) is 98.5 Å². The first-order valence-electron chi connectivity index (χ1n) is 7.96. The Bertz CT molecular complexity index is 849. The normalized spacial score (nSPS) is 14.3. The summed E-state index contributed by atoms with van der Waals surface area (Å²) in [5.74, 6) is -2.05. The van der Waals surface area contributed by atoms with Crippen molar-refractivity contribution in [2.24, 2.45) is 0 Å². The molecular weight excluding hydrogens is 343 g/mol. The Kier molecular flexibility index (Phi) is 4.92. The first-order valence-corrected chi connectivity index (χ1v) is 7.96. The SMILES string of the molecule is O=C(OC(C(=O)NC1CC1)c1ccc(F)cc1)c1ccccc1[N+](=O)[O-]. The molecule has 2 aromatic carbocycles. The molecule has 1 unspecified atom stereocenters. The van der Waals surface area contributed by atoms with Crippen LogP contribution >= 0.6 is 0 Å². The third-order valence-corrected chi connectivity index (χ3v) is 3.88. The van der Waals surface area contributed by atoms with E-state index in [4.69, 9.17) is 4.74 Å². The molecule has 134 valence electrons. The number of amides is 1. The molecule has 7 nitrogen and oxygen atoms in total. The quantitative estimate of drug-likeness (QED) is 0.486. The van der Waals surface area contributed by atoms with Crippen LogP contribution in [0.4, 0.5) is 10.1 Å². The molecule has 1 aliphatic rings. The number of hydrogen-bond donors (Lipinski definition) is 1. The van der Waals surface area contributed by atoms with Crippen LogP contribution < -0.4 is 5.32 Å². The molecule has 1 atom stereocenters. The van der Waals surface area contributed by atoms with Crippen molar-refractivity contribution in [1.29, 1.82) is 0 Å². The van der Waals surface area contributed by atoms with Crippen molar-refractivity contribution in [3.63, 3.8) is 0 Å². The van der Waals surface area contributed by atoms with Gasteiger partial charge in [-0.05, 0) is 31.0 Å². The first-order chi connectivity index (χ1) is 12.5. The number of benzene rings is 2. The van der Waals surface area contributed by atoms with Gasteiger partial charge in [-0.15, -0.1) is 0 Å². The van der Waals surface area contributed by atoms with Gasteiger partial charge in [-0.1, -0.05) is 24.3 Å². The van der Waals surface area contributed by atoms with Crippen LogP contribution in [0.25, 0.3) is 0 Å². The zero-order chi connectivity index (χ0) is 18.7. The average molecular weight is 358 g/mol. The summed E-state index contributed by atoms with van der Waals surface area (Å²) in [4.78, 5) is 35.3. The van der Waals surface area contributed by atoms with E-state index in [-0.39, 0.29) is 17.2 Å². The highest BCUT2D eigenvalue weighted by molar-refractivity contribution is 5.96. The van der Waals surface area contributed by atoms with Crippen LogP contribution in [0.5, 0.6) is 0 Å². The lowest BCUT2D eigenvalue weighted by Gasteiger charge is -2.18.